The Bertz CT molecular complexity index is 1240. The van der Waals surface area contributed by atoms with Gasteiger partial charge in [0.2, 0.25) is 5.90 Å². The Morgan fingerprint density at radius 3 is 2.64 bits per heavy atom. The zero-order valence-electron chi connectivity index (χ0n) is 19.6. The number of nitrogens with zero attached hydrogens (tertiary/aromatic N) is 4. The minimum absolute atomic E-state index is 0.127. The molecule has 1 aromatic heterocycles. The molecule has 4 rings (SSSR count). The summed E-state index contributed by atoms with van der Waals surface area (Å²) < 4.78 is 8.39. The van der Waals surface area contributed by atoms with Crippen LogP contribution in [-0.4, -0.2) is 47.1 Å². The SMILES string of the molecule is CCn1c(=O)/c(=C\Nc2ccc(CCN3CCCC3)cc2)s/c1=C(/C#N)C1=NC(C)(C)CO1. The molecular formula is C25H31N5O2S. The van der Waals surface area contributed by atoms with Gasteiger partial charge in [0.1, 0.15) is 27.4 Å². The van der Waals surface area contributed by atoms with Crippen molar-refractivity contribution in [2.24, 2.45) is 4.99 Å². The highest BCUT2D eigenvalue weighted by molar-refractivity contribution is 7.07. The monoisotopic (exact) mass is 465 g/mol. The Balaban J connectivity index is 1.56. The van der Waals surface area contributed by atoms with Crippen molar-refractivity contribution < 1.29 is 4.74 Å². The number of benzene rings is 1. The van der Waals surface area contributed by atoms with Crippen molar-refractivity contribution >= 4 is 34.7 Å². The highest BCUT2D eigenvalue weighted by atomic mass is 32.1. The van der Waals surface area contributed by atoms with Crippen molar-refractivity contribution in [3.05, 3.63) is 49.4 Å². The molecule has 0 aliphatic carbocycles. The first-order valence-corrected chi connectivity index (χ1v) is 12.4. The number of hydrogen-bond donors (Lipinski definition) is 1. The maximum atomic E-state index is 13.0. The Kier molecular flexibility index (Phi) is 7.01. The topological polar surface area (TPSA) is 82.7 Å². The van der Waals surface area contributed by atoms with Gasteiger partial charge in [-0.25, -0.2) is 4.99 Å². The van der Waals surface area contributed by atoms with Crippen molar-refractivity contribution in [3.63, 3.8) is 0 Å². The van der Waals surface area contributed by atoms with Crippen LogP contribution in [0.5, 0.6) is 0 Å². The number of anilines is 1. The molecule has 1 saturated heterocycles. The standard InChI is InChI=1S/C25H31N5O2S/c1-4-30-23(31)21(33-24(30)20(15-26)22-28-25(2,3)17-32-22)16-27-19-9-7-18(8-10-19)11-14-29-12-5-6-13-29/h7-10,16,27H,4-6,11-14,17H2,1-3H3/b21-16+,24-20-. The maximum absolute atomic E-state index is 13.0. The van der Waals surface area contributed by atoms with Crippen LogP contribution in [0.4, 0.5) is 5.69 Å². The third-order valence-electron chi connectivity index (χ3n) is 5.97. The predicted octanol–water partition coefficient (Wildman–Crippen LogP) is 2.30. The average molecular weight is 466 g/mol. The fourth-order valence-electron chi connectivity index (χ4n) is 4.10. The van der Waals surface area contributed by atoms with E-state index in [9.17, 15) is 10.1 Å². The van der Waals surface area contributed by atoms with Gasteiger partial charge in [0, 0.05) is 25.0 Å². The molecule has 174 valence electrons. The third kappa shape index (κ3) is 5.37. The van der Waals surface area contributed by atoms with Gasteiger partial charge in [-0.1, -0.05) is 12.1 Å². The van der Waals surface area contributed by atoms with E-state index in [0.717, 1.165) is 18.7 Å². The maximum Gasteiger partial charge on any atom is 0.270 e. The van der Waals surface area contributed by atoms with Crippen LogP contribution >= 0.6 is 11.3 Å². The second-order valence-corrected chi connectivity index (χ2v) is 10.1. The van der Waals surface area contributed by atoms with E-state index in [-0.39, 0.29) is 11.1 Å². The van der Waals surface area contributed by atoms with E-state index in [4.69, 9.17) is 4.74 Å². The smallest absolute Gasteiger partial charge is 0.270 e. The molecule has 3 heterocycles. The summed E-state index contributed by atoms with van der Waals surface area (Å²) in [7, 11) is 0. The highest BCUT2D eigenvalue weighted by Gasteiger charge is 2.29. The van der Waals surface area contributed by atoms with Crippen LogP contribution in [0, 0.1) is 11.3 Å². The normalized spacial score (nSPS) is 19.2. The number of ether oxygens (including phenoxy) is 1. The molecule has 8 heteroatoms. The molecule has 0 amide bonds. The summed E-state index contributed by atoms with van der Waals surface area (Å²) in [6.45, 7) is 10.2. The van der Waals surface area contributed by atoms with Gasteiger partial charge in [0.15, 0.2) is 0 Å². The minimum Gasteiger partial charge on any atom is -0.474 e. The zero-order valence-corrected chi connectivity index (χ0v) is 20.4. The van der Waals surface area contributed by atoms with Crippen LogP contribution in [0.3, 0.4) is 0 Å². The number of nitriles is 1. The molecule has 1 aromatic carbocycles. The lowest BCUT2D eigenvalue weighted by atomic mass is 10.1. The van der Waals surface area contributed by atoms with Crippen molar-refractivity contribution in [2.45, 2.75) is 52.1 Å². The second kappa shape index (κ2) is 9.94. The van der Waals surface area contributed by atoms with E-state index < -0.39 is 0 Å². The molecule has 0 radical (unpaired) electrons. The summed E-state index contributed by atoms with van der Waals surface area (Å²) >= 11 is 1.28. The molecule has 0 spiro atoms. The van der Waals surface area contributed by atoms with Crippen LogP contribution in [0.25, 0.3) is 11.8 Å². The number of aromatic nitrogens is 1. The van der Waals surface area contributed by atoms with Crippen LogP contribution in [-0.2, 0) is 17.7 Å². The van der Waals surface area contributed by atoms with Crippen LogP contribution < -0.4 is 20.1 Å². The van der Waals surface area contributed by atoms with Gasteiger partial charge < -0.3 is 15.0 Å². The van der Waals surface area contributed by atoms with Gasteiger partial charge in [-0.15, -0.1) is 11.3 Å². The van der Waals surface area contributed by atoms with Gasteiger partial charge in [-0.05, 0) is 70.8 Å². The van der Waals surface area contributed by atoms with Crippen molar-refractivity contribution in [2.75, 3.05) is 31.6 Å². The quantitative estimate of drug-likeness (QED) is 0.679. The second-order valence-electron chi connectivity index (χ2n) is 9.11. The summed E-state index contributed by atoms with van der Waals surface area (Å²) in [5.41, 5.74) is 2.05. The number of hydrogen-bond acceptors (Lipinski definition) is 7. The summed E-state index contributed by atoms with van der Waals surface area (Å²) in [5, 5.41) is 13.0. The number of nitrogens with one attached hydrogen (secondary N) is 1. The van der Waals surface area contributed by atoms with E-state index in [1.165, 1.54) is 42.8 Å². The molecule has 1 fully saturated rings. The average Bonchev–Trinajstić information content (AvgIpc) is 3.52. The summed E-state index contributed by atoms with van der Waals surface area (Å²) in [6.07, 6.45) is 5.40. The fraction of sp³-hybridized carbons (Fsp3) is 0.480. The molecule has 0 bridgehead atoms. The summed E-state index contributed by atoms with van der Waals surface area (Å²) in [5.74, 6) is 0.315. The van der Waals surface area contributed by atoms with Gasteiger partial charge in [0.05, 0.1) is 5.54 Å². The number of rotatable bonds is 7. The molecule has 2 aliphatic heterocycles. The number of likely N-dealkylation sites (tertiary alicyclic amines) is 1. The minimum atomic E-state index is -0.372. The molecule has 2 aliphatic rings. The third-order valence-corrected chi connectivity index (χ3v) is 7.10. The number of thiazole rings is 1. The van der Waals surface area contributed by atoms with Gasteiger partial charge in [0.25, 0.3) is 5.56 Å². The van der Waals surface area contributed by atoms with E-state index in [1.807, 2.05) is 32.9 Å². The van der Waals surface area contributed by atoms with Crippen LogP contribution in [0.15, 0.2) is 34.1 Å². The first-order chi connectivity index (χ1) is 15.9. The largest absolute Gasteiger partial charge is 0.474 e. The molecule has 2 aromatic rings. The lowest BCUT2D eigenvalue weighted by Gasteiger charge is -2.14. The molecule has 7 nitrogen and oxygen atoms in total. The van der Waals surface area contributed by atoms with Gasteiger partial charge in [-0.3, -0.25) is 9.36 Å². The molecule has 0 unspecified atom stereocenters. The molecule has 0 atom stereocenters. The fourth-order valence-corrected chi connectivity index (χ4v) is 5.18. The first-order valence-electron chi connectivity index (χ1n) is 11.6. The van der Waals surface area contributed by atoms with Crippen molar-refractivity contribution in [1.29, 1.82) is 5.26 Å². The lowest BCUT2D eigenvalue weighted by Crippen LogP contribution is -2.32. The highest BCUT2D eigenvalue weighted by Crippen LogP contribution is 2.20. The molecular weight excluding hydrogens is 434 g/mol. The first kappa shape index (κ1) is 23.3. The molecule has 33 heavy (non-hydrogen) atoms. The Morgan fingerprint density at radius 2 is 2.03 bits per heavy atom. The van der Waals surface area contributed by atoms with E-state index in [2.05, 4.69) is 33.4 Å². The summed E-state index contributed by atoms with van der Waals surface area (Å²) in [6, 6.07) is 10.5. The van der Waals surface area contributed by atoms with Crippen molar-refractivity contribution in [3.8, 4) is 6.07 Å². The molecule has 1 N–H and O–H groups in total. The van der Waals surface area contributed by atoms with E-state index >= 15 is 0 Å². The van der Waals surface area contributed by atoms with Crippen LogP contribution in [0.1, 0.15) is 39.2 Å². The van der Waals surface area contributed by atoms with E-state index in [0.29, 0.717) is 33.8 Å². The Morgan fingerprint density at radius 1 is 1.30 bits per heavy atom. The van der Waals surface area contributed by atoms with Gasteiger partial charge in [-0.2, -0.15) is 5.26 Å². The Hall–Kier alpha value is -2.89. The lowest BCUT2D eigenvalue weighted by molar-refractivity contribution is 0.281. The van der Waals surface area contributed by atoms with Crippen LogP contribution in [0.2, 0.25) is 0 Å². The molecule has 0 saturated carbocycles. The van der Waals surface area contributed by atoms with E-state index in [1.54, 1.807) is 10.8 Å². The van der Waals surface area contributed by atoms with Gasteiger partial charge >= 0.3 is 0 Å². The Labute approximate surface area is 198 Å². The van der Waals surface area contributed by atoms with Crippen molar-refractivity contribution in [1.82, 2.24) is 9.47 Å². The number of aliphatic imine (C=N–C) groups is 1. The predicted molar refractivity (Wildman–Crippen MR) is 134 cm³/mol. The zero-order chi connectivity index (χ0) is 23.4. The summed E-state index contributed by atoms with van der Waals surface area (Å²) in [4.78, 5) is 20.0.